The van der Waals surface area contributed by atoms with Crippen LogP contribution in [-0.4, -0.2) is 42.9 Å². The van der Waals surface area contributed by atoms with Crippen molar-refractivity contribution in [2.24, 2.45) is 0 Å². The molecule has 154 valence electrons. The fraction of sp³-hybridized carbons (Fsp3) is 0.500. The Hall–Kier alpha value is -2.33. The molecule has 0 unspecified atom stereocenters. The molecular formula is C18H23FN2O6S. The van der Waals surface area contributed by atoms with Gasteiger partial charge in [0.15, 0.2) is 0 Å². The smallest absolute Gasteiger partial charge is 0.288 e. The Labute approximate surface area is 163 Å². The largest absolute Gasteiger partial charge is 0.301 e. The van der Waals surface area contributed by atoms with Crippen LogP contribution in [0.5, 0.6) is 0 Å². The van der Waals surface area contributed by atoms with E-state index in [4.69, 9.17) is 4.84 Å². The maximum atomic E-state index is 12.9. The van der Waals surface area contributed by atoms with Crippen molar-refractivity contribution in [1.82, 2.24) is 9.79 Å². The highest BCUT2D eigenvalue weighted by molar-refractivity contribution is 7.91. The molecule has 0 bridgehead atoms. The highest BCUT2D eigenvalue weighted by Crippen LogP contribution is 2.46. The zero-order valence-corrected chi connectivity index (χ0v) is 16.6. The summed E-state index contributed by atoms with van der Waals surface area (Å²) in [6.45, 7) is 1.77. The minimum atomic E-state index is -3.98. The molecule has 1 aromatic carbocycles. The highest BCUT2D eigenvalue weighted by atomic mass is 32.2. The zero-order valence-electron chi connectivity index (χ0n) is 15.7. The molecule has 1 fully saturated rings. The molecule has 1 aromatic rings. The number of hydrogen-bond acceptors (Lipinski definition) is 6. The lowest BCUT2D eigenvalue weighted by molar-refractivity contribution is -0.180. The number of halogens is 1. The summed E-state index contributed by atoms with van der Waals surface area (Å²) in [7, 11) is -2.78. The number of sulfonamides is 1. The van der Waals surface area contributed by atoms with Crippen molar-refractivity contribution in [3.8, 4) is 0 Å². The summed E-state index contributed by atoms with van der Waals surface area (Å²) in [5.74, 6) is -3.78. The van der Waals surface area contributed by atoms with Gasteiger partial charge < -0.3 is 0 Å². The number of amides is 2. The van der Waals surface area contributed by atoms with Crippen LogP contribution in [0.2, 0.25) is 0 Å². The zero-order chi connectivity index (χ0) is 20.9. The Morgan fingerprint density at radius 1 is 1.21 bits per heavy atom. The standard InChI is InChI=1S/C18H23FN2O6S/c1-3-8-18(9-10-18)28(25,26)20-17(24)15(22)11-16(23)21(27-2)12-13-4-6-14(19)7-5-13/h4-7H,3,8-12H2,1-2H3,(H,20,24). The number of carbonyl (C=O) groups is 3. The van der Waals surface area contributed by atoms with E-state index in [1.54, 1.807) is 4.72 Å². The quantitative estimate of drug-likeness (QED) is 0.353. The number of hydroxylamine groups is 2. The molecule has 1 aliphatic rings. The summed E-state index contributed by atoms with van der Waals surface area (Å²) < 4.78 is 38.4. The third kappa shape index (κ3) is 5.14. The van der Waals surface area contributed by atoms with Crippen molar-refractivity contribution in [3.63, 3.8) is 0 Å². The Bertz CT molecular complexity index is 849. The normalized spacial score (nSPS) is 15.0. The Balaban J connectivity index is 1.95. The summed E-state index contributed by atoms with van der Waals surface area (Å²) in [4.78, 5) is 41.1. The molecule has 8 nitrogen and oxygen atoms in total. The van der Waals surface area contributed by atoms with Crippen LogP contribution in [0.25, 0.3) is 0 Å². The summed E-state index contributed by atoms with van der Waals surface area (Å²) in [6.07, 6.45) is 1.06. The first-order chi connectivity index (χ1) is 13.1. The van der Waals surface area contributed by atoms with Gasteiger partial charge in [-0.2, -0.15) is 0 Å². The lowest BCUT2D eigenvalue weighted by Gasteiger charge is -2.19. The number of nitrogens with one attached hydrogen (secondary N) is 1. The van der Waals surface area contributed by atoms with E-state index in [1.165, 1.54) is 31.4 Å². The number of carbonyl (C=O) groups excluding carboxylic acids is 3. The van der Waals surface area contributed by atoms with Crippen molar-refractivity contribution in [2.45, 2.75) is 50.3 Å². The number of benzene rings is 1. The Morgan fingerprint density at radius 2 is 1.82 bits per heavy atom. The molecule has 1 aliphatic carbocycles. The van der Waals surface area contributed by atoms with Gasteiger partial charge in [0.1, 0.15) is 5.82 Å². The van der Waals surface area contributed by atoms with Crippen molar-refractivity contribution >= 4 is 27.6 Å². The molecule has 0 radical (unpaired) electrons. The van der Waals surface area contributed by atoms with E-state index in [0.29, 0.717) is 31.2 Å². The van der Waals surface area contributed by atoms with Crippen molar-refractivity contribution in [3.05, 3.63) is 35.6 Å². The summed E-state index contributed by atoms with van der Waals surface area (Å²) in [6, 6.07) is 5.30. The predicted octanol–water partition coefficient (Wildman–Crippen LogP) is 1.45. The van der Waals surface area contributed by atoms with E-state index in [0.717, 1.165) is 5.06 Å². The van der Waals surface area contributed by atoms with Gasteiger partial charge >= 0.3 is 5.91 Å². The average molecular weight is 414 g/mol. The molecule has 10 heteroatoms. The van der Waals surface area contributed by atoms with Gasteiger partial charge in [0.2, 0.25) is 15.8 Å². The van der Waals surface area contributed by atoms with Crippen LogP contribution in [0.1, 0.15) is 44.6 Å². The SMILES string of the molecule is CCCC1(S(=O)(=O)NC(=O)C(=O)CC(=O)N(Cc2ccc(F)cc2)OC)CC1. The number of ketones is 1. The van der Waals surface area contributed by atoms with Gasteiger partial charge in [-0.05, 0) is 37.0 Å². The lowest BCUT2D eigenvalue weighted by Crippen LogP contribution is -2.44. The molecule has 0 aromatic heterocycles. The highest BCUT2D eigenvalue weighted by Gasteiger charge is 2.54. The molecule has 0 saturated heterocycles. The number of nitrogens with zero attached hydrogens (tertiary/aromatic N) is 1. The number of hydrogen-bond donors (Lipinski definition) is 1. The maximum absolute atomic E-state index is 12.9. The van der Waals surface area contributed by atoms with Crippen molar-refractivity contribution in [1.29, 1.82) is 0 Å². The van der Waals surface area contributed by atoms with E-state index in [1.807, 2.05) is 6.92 Å². The van der Waals surface area contributed by atoms with Gasteiger partial charge in [0.25, 0.3) is 5.91 Å². The third-order valence-electron chi connectivity index (χ3n) is 4.61. The van der Waals surface area contributed by atoms with Gasteiger partial charge in [0, 0.05) is 0 Å². The molecule has 2 rings (SSSR count). The van der Waals surface area contributed by atoms with Crippen LogP contribution in [-0.2, 0) is 35.8 Å². The molecule has 0 atom stereocenters. The second kappa shape index (κ2) is 8.78. The van der Waals surface area contributed by atoms with Crippen LogP contribution >= 0.6 is 0 Å². The van der Waals surface area contributed by atoms with Gasteiger partial charge in [-0.15, -0.1) is 0 Å². The molecule has 0 heterocycles. The van der Waals surface area contributed by atoms with E-state index in [2.05, 4.69) is 0 Å². The molecule has 0 aliphatic heterocycles. The molecular weight excluding hydrogens is 391 g/mol. The lowest BCUT2D eigenvalue weighted by atomic mass is 10.2. The second-order valence-electron chi connectivity index (χ2n) is 6.71. The van der Waals surface area contributed by atoms with Gasteiger partial charge in [-0.25, -0.2) is 22.6 Å². The molecule has 2 amide bonds. The second-order valence-corrected chi connectivity index (χ2v) is 8.78. The van der Waals surface area contributed by atoms with Crippen molar-refractivity contribution < 1.29 is 32.0 Å². The maximum Gasteiger partial charge on any atom is 0.301 e. The van der Waals surface area contributed by atoms with E-state index < -0.39 is 44.6 Å². The summed E-state index contributed by atoms with van der Waals surface area (Å²) in [5, 5.41) is 0.840. The fourth-order valence-electron chi connectivity index (χ4n) is 2.85. The van der Waals surface area contributed by atoms with Crippen LogP contribution in [0.4, 0.5) is 4.39 Å². The first-order valence-corrected chi connectivity index (χ1v) is 10.3. The van der Waals surface area contributed by atoms with Gasteiger partial charge in [-0.3, -0.25) is 19.2 Å². The first kappa shape index (κ1) is 22.0. The van der Waals surface area contributed by atoms with Crippen molar-refractivity contribution in [2.75, 3.05) is 7.11 Å². The summed E-state index contributed by atoms with van der Waals surface area (Å²) >= 11 is 0. The van der Waals surface area contributed by atoms with Crippen LogP contribution in [0.3, 0.4) is 0 Å². The predicted molar refractivity (Wildman–Crippen MR) is 97.5 cm³/mol. The average Bonchev–Trinajstić information content (AvgIpc) is 3.42. The first-order valence-electron chi connectivity index (χ1n) is 8.82. The fourth-order valence-corrected chi connectivity index (χ4v) is 4.54. The third-order valence-corrected chi connectivity index (χ3v) is 6.82. The van der Waals surface area contributed by atoms with Crippen LogP contribution < -0.4 is 4.72 Å². The minimum Gasteiger partial charge on any atom is -0.288 e. The number of Topliss-reactive ketones (excluding diaryl/α,β-unsaturated/α-hetero) is 1. The molecule has 1 saturated carbocycles. The minimum absolute atomic E-state index is 0.0670. The van der Waals surface area contributed by atoms with E-state index >= 15 is 0 Å². The van der Waals surface area contributed by atoms with Crippen LogP contribution in [0.15, 0.2) is 24.3 Å². The van der Waals surface area contributed by atoms with Gasteiger partial charge in [-0.1, -0.05) is 25.5 Å². The molecule has 28 heavy (non-hydrogen) atoms. The van der Waals surface area contributed by atoms with E-state index in [9.17, 15) is 27.2 Å². The Morgan fingerprint density at radius 3 is 2.32 bits per heavy atom. The van der Waals surface area contributed by atoms with E-state index in [-0.39, 0.29) is 6.54 Å². The van der Waals surface area contributed by atoms with Gasteiger partial charge in [0.05, 0.1) is 24.8 Å². The summed E-state index contributed by atoms with van der Waals surface area (Å²) in [5.41, 5.74) is 0.548. The molecule has 1 N–H and O–H groups in total. The van der Waals surface area contributed by atoms with Crippen LogP contribution in [0, 0.1) is 5.82 Å². The number of rotatable bonds is 10. The topological polar surface area (TPSA) is 110 Å². The monoisotopic (exact) mass is 414 g/mol. The Kier molecular flexibility index (Phi) is 6.89. The molecule has 0 spiro atoms.